The molecule has 0 unspecified atom stereocenters. The molecule has 3 N–H and O–H groups in total. The van der Waals surface area contributed by atoms with Crippen molar-refractivity contribution in [2.75, 3.05) is 32.6 Å². The number of nitrogens with one attached hydrogen (secondary N) is 1. The number of carbonyl (C=O) groups excluding carboxylic acids is 3. The molecule has 130 valence electrons. The normalized spacial score (nSPS) is 14.8. The number of piperidine rings is 1. The van der Waals surface area contributed by atoms with Crippen LogP contribution in [0.15, 0.2) is 18.2 Å². The first-order valence-electron chi connectivity index (χ1n) is 7.58. The fourth-order valence-electron chi connectivity index (χ4n) is 2.60. The van der Waals surface area contributed by atoms with Crippen molar-refractivity contribution in [2.24, 2.45) is 11.7 Å². The monoisotopic (exact) mass is 335 g/mol. The Balaban J connectivity index is 2.02. The van der Waals surface area contributed by atoms with Gasteiger partial charge in [-0.1, -0.05) is 0 Å². The number of hydrogen-bond donors (Lipinski definition) is 2. The van der Waals surface area contributed by atoms with Gasteiger partial charge in [-0.3, -0.25) is 14.4 Å². The summed E-state index contributed by atoms with van der Waals surface area (Å²) in [6.07, 6.45) is 0.938. The minimum atomic E-state index is -0.765. The van der Waals surface area contributed by atoms with E-state index in [0.717, 1.165) is 0 Å². The third kappa shape index (κ3) is 3.95. The van der Waals surface area contributed by atoms with Crippen molar-refractivity contribution in [1.29, 1.82) is 0 Å². The van der Waals surface area contributed by atoms with Crippen LogP contribution >= 0.6 is 0 Å². The first kappa shape index (κ1) is 17.6. The van der Waals surface area contributed by atoms with Gasteiger partial charge in [-0.2, -0.15) is 0 Å². The zero-order chi connectivity index (χ0) is 17.7. The highest BCUT2D eigenvalue weighted by molar-refractivity contribution is 6.39. The lowest BCUT2D eigenvalue weighted by Gasteiger charge is -2.30. The Hall–Kier alpha value is -2.77. The molecule has 0 spiro atoms. The van der Waals surface area contributed by atoms with E-state index in [-0.39, 0.29) is 11.8 Å². The Morgan fingerprint density at radius 3 is 2.38 bits per heavy atom. The van der Waals surface area contributed by atoms with Crippen LogP contribution in [0, 0.1) is 5.92 Å². The molecule has 1 aliphatic heterocycles. The van der Waals surface area contributed by atoms with E-state index in [1.54, 1.807) is 18.2 Å². The number of hydrogen-bond acceptors (Lipinski definition) is 5. The maximum Gasteiger partial charge on any atom is 0.314 e. The Morgan fingerprint density at radius 1 is 1.17 bits per heavy atom. The predicted octanol–water partition coefficient (Wildman–Crippen LogP) is 0.366. The number of primary amides is 1. The Bertz CT molecular complexity index is 639. The van der Waals surface area contributed by atoms with E-state index >= 15 is 0 Å². The summed E-state index contributed by atoms with van der Waals surface area (Å²) >= 11 is 0. The van der Waals surface area contributed by atoms with E-state index in [0.29, 0.717) is 43.1 Å². The molecule has 1 fully saturated rings. The molecule has 0 saturated carbocycles. The van der Waals surface area contributed by atoms with Crippen molar-refractivity contribution in [3.8, 4) is 11.5 Å². The van der Waals surface area contributed by atoms with Crippen molar-refractivity contribution in [1.82, 2.24) is 4.90 Å². The second kappa shape index (κ2) is 7.67. The van der Waals surface area contributed by atoms with Crippen molar-refractivity contribution in [3.05, 3.63) is 18.2 Å². The summed E-state index contributed by atoms with van der Waals surface area (Å²) in [6, 6.07) is 4.89. The van der Waals surface area contributed by atoms with E-state index in [2.05, 4.69) is 5.32 Å². The molecule has 0 atom stereocenters. The molecule has 0 aromatic heterocycles. The molecule has 3 amide bonds. The van der Waals surface area contributed by atoms with Gasteiger partial charge in [-0.25, -0.2) is 0 Å². The average Bonchev–Trinajstić information content (AvgIpc) is 2.60. The molecule has 1 aromatic carbocycles. The van der Waals surface area contributed by atoms with Crippen LogP contribution in [0.5, 0.6) is 11.5 Å². The van der Waals surface area contributed by atoms with E-state index in [4.69, 9.17) is 15.2 Å². The zero-order valence-electron chi connectivity index (χ0n) is 13.7. The molecule has 0 aliphatic carbocycles. The second-order valence-electron chi connectivity index (χ2n) is 5.49. The van der Waals surface area contributed by atoms with Gasteiger partial charge in [0.25, 0.3) is 0 Å². The summed E-state index contributed by atoms with van der Waals surface area (Å²) in [5, 5.41) is 2.54. The number of nitrogens with two attached hydrogens (primary N) is 1. The molecule has 1 heterocycles. The number of ether oxygens (including phenoxy) is 2. The molecule has 0 bridgehead atoms. The number of nitrogens with zero attached hydrogens (tertiary/aromatic N) is 1. The summed E-state index contributed by atoms with van der Waals surface area (Å²) in [7, 11) is 2.97. The van der Waals surface area contributed by atoms with Crippen LogP contribution in [0.25, 0.3) is 0 Å². The maximum absolute atomic E-state index is 12.3. The molecule has 8 heteroatoms. The highest BCUT2D eigenvalue weighted by atomic mass is 16.5. The molecule has 1 saturated heterocycles. The maximum atomic E-state index is 12.3. The van der Waals surface area contributed by atoms with Gasteiger partial charge in [-0.15, -0.1) is 0 Å². The number of methoxy groups -OCH3 is 2. The van der Waals surface area contributed by atoms with Crippen molar-refractivity contribution in [3.63, 3.8) is 0 Å². The van der Waals surface area contributed by atoms with E-state index in [1.165, 1.54) is 19.1 Å². The van der Waals surface area contributed by atoms with Crippen LogP contribution in [-0.2, 0) is 14.4 Å². The first-order valence-corrected chi connectivity index (χ1v) is 7.58. The highest BCUT2D eigenvalue weighted by Crippen LogP contribution is 2.29. The fourth-order valence-corrected chi connectivity index (χ4v) is 2.60. The molecule has 24 heavy (non-hydrogen) atoms. The van der Waals surface area contributed by atoms with Gasteiger partial charge in [0.1, 0.15) is 11.5 Å². The van der Waals surface area contributed by atoms with Gasteiger partial charge in [0.05, 0.1) is 19.9 Å². The van der Waals surface area contributed by atoms with Crippen LogP contribution in [0.1, 0.15) is 12.8 Å². The smallest absolute Gasteiger partial charge is 0.314 e. The summed E-state index contributed by atoms with van der Waals surface area (Å²) in [6.45, 7) is 0.657. The minimum absolute atomic E-state index is 0.240. The lowest BCUT2D eigenvalue weighted by Crippen LogP contribution is -2.46. The van der Waals surface area contributed by atoms with Crippen LogP contribution in [0.4, 0.5) is 5.69 Å². The summed E-state index contributed by atoms with van der Waals surface area (Å²) in [5.74, 6) is -1.07. The predicted molar refractivity (Wildman–Crippen MR) is 86.7 cm³/mol. The highest BCUT2D eigenvalue weighted by Gasteiger charge is 2.29. The van der Waals surface area contributed by atoms with E-state index in [9.17, 15) is 14.4 Å². The first-order chi connectivity index (χ1) is 11.5. The van der Waals surface area contributed by atoms with Gasteiger partial charge in [0.15, 0.2) is 0 Å². The van der Waals surface area contributed by atoms with Crippen molar-refractivity contribution in [2.45, 2.75) is 12.8 Å². The topological polar surface area (TPSA) is 111 Å². The zero-order valence-corrected chi connectivity index (χ0v) is 13.7. The third-order valence-electron chi connectivity index (χ3n) is 4.03. The van der Waals surface area contributed by atoms with Crippen molar-refractivity contribution >= 4 is 23.4 Å². The van der Waals surface area contributed by atoms with Crippen LogP contribution < -0.4 is 20.5 Å². The molecule has 1 aliphatic rings. The van der Waals surface area contributed by atoms with Crippen LogP contribution in [0.3, 0.4) is 0 Å². The number of anilines is 1. The second-order valence-corrected chi connectivity index (χ2v) is 5.49. The minimum Gasteiger partial charge on any atom is -0.497 e. The summed E-state index contributed by atoms with van der Waals surface area (Å²) in [5.41, 5.74) is 5.61. The Morgan fingerprint density at radius 2 is 1.83 bits per heavy atom. The Kier molecular flexibility index (Phi) is 5.62. The van der Waals surface area contributed by atoms with Gasteiger partial charge in [0, 0.05) is 25.1 Å². The largest absolute Gasteiger partial charge is 0.497 e. The third-order valence-corrected chi connectivity index (χ3v) is 4.03. The van der Waals surface area contributed by atoms with Gasteiger partial charge >= 0.3 is 11.8 Å². The molecule has 2 rings (SSSR count). The van der Waals surface area contributed by atoms with Crippen LogP contribution in [-0.4, -0.2) is 49.9 Å². The van der Waals surface area contributed by atoms with Gasteiger partial charge < -0.3 is 25.4 Å². The molecular formula is C16H21N3O5. The quantitative estimate of drug-likeness (QED) is 0.772. The molecular weight excluding hydrogens is 314 g/mol. The SMILES string of the molecule is COc1ccc(OC)c(NC(=O)C(=O)N2CCC(C(N)=O)CC2)c1. The van der Waals surface area contributed by atoms with E-state index in [1.807, 2.05) is 0 Å². The molecule has 0 radical (unpaired) electrons. The average molecular weight is 335 g/mol. The number of benzene rings is 1. The summed E-state index contributed by atoms with van der Waals surface area (Å²) < 4.78 is 10.3. The number of likely N-dealkylation sites (tertiary alicyclic amines) is 1. The lowest BCUT2D eigenvalue weighted by molar-refractivity contribution is -0.144. The standard InChI is InChI=1S/C16H21N3O5/c1-23-11-3-4-13(24-2)12(9-11)18-15(21)16(22)19-7-5-10(6-8-19)14(17)20/h3-4,9-10H,5-8H2,1-2H3,(H2,17,20)(H,18,21). The fraction of sp³-hybridized carbons (Fsp3) is 0.438. The van der Waals surface area contributed by atoms with Crippen molar-refractivity contribution < 1.29 is 23.9 Å². The lowest BCUT2D eigenvalue weighted by atomic mass is 9.96. The number of rotatable bonds is 4. The molecule has 1 aromatic rings. The van der Waals surface area contributed by atoms with Gasteiger partial charge in [0.2, 0.25) is 5.91 Å². The van der Waals surface area contributed by atoms with Crippen LogP contribution in [0.2, 0.25) is 0 Å². The summed E-state index contributed by atoms with van der Waals surface area (Å²) in [4.78, 5) is 37.0. The number of amides is 3. The Labute approximate surface area is 139 Å². The van der Waals surface area contributed by atoms with E-state index < -0.39 is 11.8 Å². The number of carbonyl (C=O) groups is 3. The molecule has 8 nitrogen and oxygen atoms in total. The van der Waals surface area contributed by atoms with Gasteiger partial charge in [-0.05, 0) is 25.0 Å².